The van der Waals surface area contributed by atoms with E-state index in [-0.39, 0.29) is 0 Å². The van der Waals surface area contributed by atoms with Gasteiger partial charge in [0.2, 0.25) is 0 Å². The molecule has 1 aromatic rings. The zero-order valence-electron chi connectivity index (χ0n) is 9.28. The molecule has 0 spiro atoms. The molecule has 1 aliphatic heterocycles. The maximum atomic E-state index is 4.51. The van der Waals surface area contributed by atoms with Gasteiger partial charge < -0.3 is 4.90 Å². The lowest BCUT2D eigenvalue weighted by molar-refractivity contribution is 0.355. The van der Waals surface area contributed by atoms with Crippen LogP contribution >= 0.6 is 15.9 Å². The molecular weight excluding hydrogens is 252 g/mol. The molecule has 1 fully saturated rings. The number of hydrogen-bond donors (Lipinski definition) is 0. The number of rotatable bonds is 1. The Bertz CT molecular complexity index is 330. The highest BCUT2D eigenvalue weighted by Gasteiger charge is 2.22. The Morgan fingerprint density at radius 1 is 1.27 bits per heavy atom. The molecule has 2 nitrogen and oxygen atoms in total. The molecule has 2 atom stereocenters. The molecule has 0 N–H and O–H groups in total. The van der Waals surface area contributed by atoms with Gasteiger partial charge in [-0.15, -0.1) is 0 Å². The summed E-state index contributed by atoms with van der Waals surface area (Å²) in [7, 11) is 0. The minimum absolute atomic E-state index is 0.773. The summed E-state index contributed by atoms with van der Waals surface area (Å²) in [4.78, 5) is 6.90. The average Bonchev–Trinajstić information content (AvgIpc) is 2.16. The topological polar surface area (TPSA) is 16.1 Å². The molecule has 2 heterocycles. The first-order chi connectivity index (χ1) is 7.15. The van der Waals surface area contributed by atoms with Crippen molar-refractivity contribution < 1.29 is 0 Å². The summed E-state index contributed by atoms with van der Waals surface area (Å²) < 4.78 is 0.922. The Kier molecular flexibility index (Phi) is 3.29. The van der Waals surface area contributed by atoms with Crippen LogP contribution in [0.25, 0.3) is 0 Å². The van der Waals surface area contributed by atoms with Gasteiger partial charge in [0.05, 0.1) is 0 Å². The van der Waals surface area contributed by atoms with Crippen molar-refractivity contribution in [3.8, 4) is 0 Å². The summed E-state index contributed by atoms with van der Waals surface area (Å²) in [6.07, 6.45) is 1.34. The van der Waals surface area contributed by atoms with Gasteiger partial charge in [-0.1, -0.05) is 19.9 Å². The molecule has 3 heteroatoms. The second kappa shape index (κ2) is 4.52. The summed E-state index contributed by atoms with van der Waals surface area (Å²) in [5.74, 6) is 2.65. The van der Waals surface area contributed by atoms with Crippen molar-refractivity contribution in [2.24, 2.45) is 11.8 Å². The van der Waals surface area contributed by atoms with Crippen LogP contribution in [0.15, 0.2) is 22.8 Å². The maximum Gasteiger partial charge on any atom is 0.129 e. The SMILES string of the molecule is CC1C[C@H](C)CN(c2cccc(Br)n2)C1. The van der Waals surface area contributed by atoms with E-state index >= 15 is 0 Å². The van der Waals surface area contributed by atoms with Crippen molar-refractivity contribution in [3.63, 3.8) is 0 Å². The zero-order valence-corrected chi connectivity index (χ0v) is 10.9. The van der Waals surface area contributed by atoms with Gasteiger partial charge >= 0.3 is 0 Å². The molecule has 0 bridgehead atoms. The Morgan fingerprint density at radius 2 is 1.93 bits per heavy atom. The van der Waals surface area contributed by atoms with Crippen molar-refractivity contribution in [1.29, 1.82) is 0 Å². The monoisotopic (exact) mass is 268 g/mol. The lowest BCUT2D eigenvalue weighted by Crippen LogP contribution is -2.39. The van der Waals surface area contributed by atoms with E-state index in [1.165, 1.54) is 6.42 Å². The van der Waals surface area contributed by atoms with E-state index in [9.17, 15) is 0 Å². The van der Waals surface area contributed by atoms with E-state index in [1.54, 1.807) is 0 Å². The van der Waals surface area contributed by atoms with Crippen LogP contribution in [0.4, 0.5) is 5.82 Å². The Balaban J connectivity index is 2.16. The van der Waals surface area contributed by atoms with Gasteiger partial charge in [-0.3, -0.25) is 0 Å². The van der Waals surface area contributed by atoms with E-state index < -0.39 is 0 Å². The summed E-state index contributed by atoms with van der Waals surface area (Å²) in [5.41, 5.74) is 0. The third kappa shape index (κ3) is 2.71. The van der Waals surface area contributed by atoms with Crippen molar-refractivity contribution in [2.45, 2.75) is 20.3 Å². The van der Waals surface area contributed by atoms with E-state index in [2.05, 4.69) is 51.8 Å². The summed E-state index contributed by atoms with van der Waals surface area (Å²) in [6.45, 7) is 6.91. The van der Waals surface area contributed by atoms with Gasteiger partial charge in [-0.25, -0.2) is 4.98 Å². The molecule has 82 valence electrons. The first-order valence-electron chi connectivity index (χ1n) is 5.52. The molecule has 0 amide bonds. The molecular formula is C12H17BrN2. The van der Waals surface area contributed by atoms with E-state index in [0.29, 0.717) is 0 Å². The molecule has 2 rings (SSSR count). The smallest absolute Gasteiger partial charge is 0.129 e. The number of anilines is 1. The maximum absolute atomic E-state index is 4.51. The van der Waals surface area contributed by atoms with Crippen LogP contribution in [-0.2, 0) is 0 Å². The fourth-order valence-electron chi connectivity index (χ4n) is 2.42. The van der Waals surface area contributed by atoms with Crippen molar-refractivity contribution in [2.75, 3.05) is 18.0 Å². The Hall–Kier alpha value is -0.570. The number of nitrogens with zero attached hydrogens (tertiary/aromatic N) is 2. The largest absolute Gasteiger partial charge is 0.356 e. The van der Waals surface area contributed by atoms with E-state index in [4.69, 9.17) is 0 Å². The zero-order chi connectivity index (χ0) is 10.8. The van der Waals surface area contributed by atoms with Gasteiger partial charge in [0.1, 0.15) is 10.4 Å². The molecule has 15 heavy (non-hydrogen) atoms. The van der Waals surface area contributed by atoms with Crippen molar-refractivity contribution >= 4 is 21.7 Å². The van der Waals surface area contributed by atoms with Gasteiger partial charge in [-0.05, 0) is 46.3 Å². The molecule has 1 saturated heterocycles. The first-order valence-corrected chi connectivity index (χ1v) is 6.32. The minimum atomic E-state index is 0.773. The van der Waals surface area contributed by atoms with Gasteiger partial charge in [0, 0.05) is 13.1 Å². The predicted molar refractivity (Wildman–Crippen MR) is 67.1 cm³/mol. The molecule has 0 radical (unpaired) electrons. The van der Waals surface area contributed by atoms with Crippen LogP contribution in [0.3, 0.4) is 0 Å². The van der Waals surface area contributed by atoms with Crippen LogP contribution < -0.4 is 4.90 Å². The predicted octanol–water partition coefficient (Wildman–Crippen LogP) is 3.33. The fourth-order valence-corrected chi connectivity index (χ4v) is 2.76. The van der Waals surface area contributed by atoms with E-state index in [0.717, 1.165) is 35.3 Å². The summed E-state index contributed by atoms with van der Waals surface area (Å²) >= 11 is 3.42. The highest BCUT2D eigenvalue weighted by atomic mass is 79.9. The lowest BCUT2D eigenvalue weighted by atomic mass is 9.92. The minimum Gasteiger partial charge on any atom is -0.356 e. The normalized spacial score (nSPS) is 26.7. The number of hydrogen-bond acceptors (Lipinski definition) is 2. The van der Waals surface area contributed by atoms with Gasteiger partial charge in [0.25, 0.3) is 0 Å². The van der Waals surface area contributed by atoms with Gasteiger partial charge in [-0.2, -0.15) is 0 Å². The average molecular weight is 269 g/mol. The third-order valence-corrected chi connectivity index (χ3v) is 3.33. The molecule has 1 aliphatic rings. The van der Waals surface area contributed by atoms with Crippen molar-refractivity contribution in [3.05, 3.63) is 22.8 Å². The van der Waals surface area contributed by atoms with Crippen LogP contribution in [0, 0.1) is 11.8 Å². The van der Waals surface area contributed by atoms with Crippen LogP contribution in [-0.4, -0.2) is 18.1 Å². The summed E-state index contributed by atoms with van der Waals surface area (Å²) in [6, 6.07) is 6.12. The molecule has 1 unspecified atom stereocenters. The molecule has 0 aromatic carbocycles. The molecule has 0 saturated carbocycles. The van der Waals surface area contributed by atoms with Crippen LogP contribution in [0.5, 0.6) is 0 Å². The fraction of sp³-hybridized carbons (Fsp3) is 0.583. The molecule has 1 aromatic heterocycles. The number of pyridine rings is 1. The Labute approximate surface area is 99.8 Å². The highest BCUT2D eigenvalue weighted by Crippen LogP contribution is 2.25. The van der Waals surface area contributed by atoms with E-state index in [1.807, 2.05) is 6.07 Å². The van der Waals surface area contributed by atoms with Crippen LogP contribution in [0.1, 0.15) is 20.3 Å². The van der Waals surface area contributed by atoms with Crippen molar-refractivity contribution in [1.82, 2.24) is 4.98 Å². The lowest BCUT2D eigenvalue weighted by Gasteiger charge is -2.35. The number of aromatic nitrogens is 1. The second-order valence-corrected chi connectivity index (χ2v) is 5.48. The second-order valence-electron chi connectivity index (χ2n) is 4.67. The summed E-state index contributed by atoms with van der Waals surface area (Å²) in [5, 5.41) is 0. The highest BCUT2D eigenvalue weighted by molar-refractivity contribution is 9.10. The Morgan fingerprint density at radius 3 is 2.53 bits per heavy atom. The number of halogens is 1. The molecule has 0 aliphatic carbocycles. The third-order valence-electron chi connectivity index (χ3n) is 2.89. The van der Waals surface area contributed by atoms with Gasteiger partial charge in [0.15, 0.2) is 0 Å². The number of piperidine rings is 1. The quantitative estimate of drug-likeness (QED) is 0.727. The standard InChI is InChI=1S/C12H17BrN2/c1-9-6-10(2)8-15(7-9)12-5-3-4-11(13)14-12/h3-5,9-10H,6-8H2,1-2H3/t9-,10?/m0/s1. The van der Waals surface area contributed by atoms with Crippen LogP contribution in [0.2, 0.25) is 0 Å². The first kappa shape index (κ1) is 10.9.